The van der Waals surface area contributed by atoms with Crippen molar-refractivity contribution in [3.8, 4) is 17.1 Å². The third kappa shape index (κ3) is 2.94. The molecule has 6 nitrogen and oxygen atoms in total. The third-order valence-corrected chi connectivity index (χ3v) is 3.29. The molecule has 0 saturated carbocycles. The van der Waals surface area contributed by atoms with E-state index in [4.69, 9.17) is 17.0 Å². The standard InChI is InChI=1S/C15H13N5OS/c1-21-13-4-2-11(3-5-13)10-17-20-14(18-19-15(20)22)12-6-8-16-9-7-12/h2-10H,1H3,(H,19,22)/b17-10+. The van der Waals surface area contributed by atoms with Gasteiger partial charge in [-0.2, -0.15) is 14.9 Å². The van der Waals surface area contributed by atoms with Gasteiger partial charge in [-0.25, -0.2) is 5.10 Å². The normalized spacial score (nSPS) is 11.0. The van der Waals surface area contributed by atoms with Gasteiger partial charge in [-0.15, -0.1) is 0 Å². The molecule has 0 radical (unpaired) electrons. The molecule has 0 atom stereocenters. The summed E-state index contributed by atoms with van der Waals surface area (Å²) in [7, 11) is 1.63. The molecule has 22 heavy (non-hydrogen) atoms. The van der Waals surface area contributed by atoms with Crippen molar-refractivity contribution in [2.75, 3.05) is 7.11 Å². The Balaban J connectivity index is 1.93. The summed E-state index contributed by atoms with van der Waals surface area (Å²) in [5.41, 5.74) is 1.82. The number of hydrogen-bond donors (Lipinski definition) is 1. The predicted octanol–water partition coefficient (Wildman–Crippen LogP) is 2.89. The molecule has 3 rings (SSSR count). The molecule has 7 heteroatoms. The van der Waals surface area contributed by atoms with Crippen LogP contribution in [0.3, 0.4) is 0 Å². The zero-order valence-electron chi connectivity index (χ0n) is 11.8. The number of rotatable bonds is 4. The predicted molar refractivity (Wildman–Crippen MR) is 86.6 cm³/mol. The van der Waals surface area contributed by atoms with Crippen LogP contribution in [-0.4, -0.2) is 33.2 Å². The summed E-state index contributed by atoms with van der Waals surface area (Å²) in [6.07, 6.45) is 5.12. The molecule has 2 aromatic heterocycles. The minimum absolute atomic E-state index is 0.427. The van der Waals surface area contributed by atoms with E-state index in [-0.39, 0.29) is 0 Å². The van der Waals surface area contributed by atoms with Crippen LogP contribution in [0.25, 0.3) is 11.4 Å². The van der Waals surface area contributed by atoms with Crippen LogP contribution in [0.2, 0.25) is 0 Å². The molecule has 2 heterocycles. The van der Waals surface area contributed by atoms with E-state index in [0.717, 1.165) is 16.9 Å². The highest BCUT2D eigenvalue weighted by molar-refractivity contribution is 7.71. The van der Waals surface area contributed by atoms with Gasteiger partial charge in [0.05, 0.1) is 13.3 Å². The number of H-pyrrole nitrogens is 1. The van der Waals surface area contributed by atoms with Crippen LogP contribution in [-0.2, 0) is 0 Å². The van der Waals surface area contributed by atoms with E-state index in [9.17, 15) is 0 Å². The first-order valence-electron chi connectivity index (χ1n) is 6.54. The van der Waals surface area contributed by atoms with Gasteiger partial charge in [0, 0.05) is 18.0 Å². The molecular formula is C15H13N5OS. The number of ether oxygens (including phenoxy) is 1. The number of aromatic nitrogens is 4. The van der Waals surface area contributed by atoms with E-state index in [0.29, 0.717) is 10.6 Å². The molecule has 0 aliphatic carbocycles. The molecule has 0 saturated heterocycles. The van der Waals surface area contributed by atoms with Crippen LogP contribution in [0.5, 0.6) is 5.75 Å². The highest BCUT2D eigenvalue weighted by Gasteiger charge is 2.07. The molecule has 1 aromatic carbocycles. The van der Waals surface area contributed by atoms with Crippen LogP contribution in [0.4, 0.5) is 0 Å². The Morgan fingerprint density at radius 2 is 1.91 bits per heavy atom. The zero-order chi connectivity index (χ0) is 15.4. The SMILES string of the molecule is COc1ccc(/C=N/n2c(-c3ccncc3)n[nH]c2=S)cc1. The van der Waals surface area contributed by atoms with Crippen molar-refractivity contribution in [3.63, 3.8) is 0 Å². The summed E-state index contributed by atoms with van der Waals surface area (Å²) in [5, 5.41) is 11.4. The van der Waals surface area contributed by atoms with Crippen molar-refractivity contribution in [3.05, 3.63) is 59.1 Å². The Bertz CT molecular complexity index is 836. The molecule has 0 aliphatic heterocycles. The van der Waals surface area contributed by atoms with Crippen LogP contribution < -0.4 is 4.74 Å². The molecule has 3 aromatic rings. The van der Waals surface area contributed by atoms with Crippen molar-refractivity contribution in [2.24, 2.45) is 5.10 Å². The number of aromatic amines is 1. The summed E-state index contributed by atoms with van der Waals surface area (Å²) >= 11 is 5.22. The average molecular weight is 311 g/mol. The summed E-state index contributed by atoms with van der Waals surface area (Å²) in [4.78, 5) is 3.99. The smallest absolute Gasteiger partial charge is 0.216 e. The topological polar surface area (TPSA) is 68.1 Å². The molecule has 0 bridgehead atoms. The molecular weight excluding hydrogens is 298 g/mol. The maximum Gasteiger partial charge on any atom is 0.216 e. The van der Waals surface area contributed by atoms with E-state index < -0.39 is 0 Å². The fraction of sp³-hybridized carbons (Fsp3) is 0.0667. The largest absolute Gasteiger partial charge is 0.497 e. The highest BCUT2D eigenvalue weighted by Crippen LogP contribution is 2.16. The Labute approximate surface area is 132 Å². The number of pyridine rings is 1. The van der Waals surface area contributed by atoms with Crippen molar-refractivity contribution < 1.29 is 4.74 Å². The number of nitrogens with zero attached hydrogens (tertiary/aromatic N) is 4. The van der Waals surface area contributed by atoms with Crippen LogP contribution in [0, 0.1) is 4.77 Å². The second-order valence-corrected chi connectivity index (χ2v) is 4.80. The first kappa shape index (κ1) is 14.2. The zero-order valence-corrected chi connectivity index (χ0v) is 12.6. The van der Waals surface area contributed by atoms with Gasteiger partial charge in [0.2, 0.25) is 4.77 Å². The molecule has 1 N–H and O–H groups in total. The van der Waals surface area contributed by atoms with Gasteiger partial charge >= 0.3 is 0 Å². The van der Waals surface area contributed by atoms with Crippen LogP contribution >= 0.6 is 12.2 Å². The first-order chi connectivity index (χ1) is 10.8. The van der Waals surface area contributed by atoms with Gasteiger partial charge in [-0.3, -0.25) is 4.98 Å². The number of benzene rings is 1. The van der Waals surface area contributed by atoms with Crippen molar-refractivity contribution in [1.82, 2.24) is 19.9 Å². The molecule has 0 spiro atoms. The summed E-state index contributed by atoms with van der Waals surface area (Å²) in [6, 6.07) is 11.3. The second kappa shape index (κ2) is 6.31. The minimum Gasteiger partial charge on any atom is -0.497 e. The molecule has 110 valence electrons. The molecule has 0 aliphatic rings. The number of nitrogens with one attached hydrogen (secondary N) is 1. The Morgan fingerprint density at radius 1 is 1.18 bits per heavy atom. The number of hydrogen-bond acceptors (Lipinski definition) is 5. The Kier molecular flexibility index (Phi) is 4.06. The average Bonchev–Trinajstić information content (AvgIpc) is 2.95. The van der Waals surface area contributed by atoms with Gasteiger partial charge in [0.15, 0.2) is 5.82 Å². The van der Waals surface area contributed by atoms with Crippen molar-refractivity contribution in [2.45, 2.75) is 0 Å². The number of methoxy groups -OCH3 is 1. The van der Waals surface area contributed by atoms with E-state index in [1.807, 2.05) is 36.4 Å². The second-order valence-electron chi connectivity index (χ2n) is 4.42. The van der Waals surface area contributed by atoms with Gasteiger partial charge in [0.1, 0.15) is 5.75 Å². The van der Waals surface area contributed by atoms with E-state index in [1.165, 1.54) is 0 Å². The summed E-state index contributed by atoms with van der Waals surface area (Å²) < 4.78 is 7.13. The summed E-state index contributed by atoms with van der Waals surface area (Å²) in [6.45, 7) is 0. The van der Waals surface area contributed by atoms with E-state index >= 15 is 0 Å². The Morgan fingerprint density at radius 3 is 2.59 bits per heavy atom. The van der Waals surface area contributed by atoms with Gasteiger partial charge in [0.25, 0.3) is 0 Å². The maximum absolute atomic E-state index is 5.22. The van der Waals surface area contributed by atoms with Crippen LogP contribution in [0.15, 0.2) is 53.9 Å². The van der Waals surface area contributed by atoms with Gasteiger partial charge < -0.3 is 4.74 Å². The van der Waals surface area contributed by atoms with Crippen molar-refractivity contribution >= 4 is 18.4 Å². The van der Waals surface area contributed by atoms with E-state index in [1.54, 1.807) is 30.4 Å². The first-order valence-corrected chi connectivity index (χ1v) is 6.95. The Hall–Kier alpha value is -2.80. The lowest BCUT2D eigenvalue weighted by Crippen LogP contribution is -1.95. The van der Waals surface area contributed by atoms with Crippen molar-refractivity contribution in [1.29, 1.82) is 0 Å². The molecule has 0 amide bonds. The third-order valence-electron chi connectivity index (χ3n) is 3.03. The quantitative estimate of drug-likeness (QED) is 0.594. The van der Waals surface area contributed by atoms with E-state index in [2.05, 4.69) is 20.3 Å². The highest BCUT2D eigenvalue weighted by atomic mass is 32.1. The van der Waals surface area contributed by atoms with Gasteiger partial charge in [-0.05, 0) is 54.2 Å². The molecule has 0 fully saturated rings. The fourth-order valence-electron chi connectivity index (χ4n) is 1.90. The van der Waals surface area contributed by atoms with Crippen LogP contribution in [0.1, 0.15) is 5.56 Å². The summed E-state index contributed by atoms with van der Waals surface area (Å²) in [5.74, 6) is 1.44. The molecule has 0 unspecified atom stereocenters. The maximum atomic E-state index is 5.22. The minimum atomic E-state index is 0.427. The lowest BCUT2D eigenvalue weighted by atomic mass is 10.2. The lowest BCUT2D eigenvalue weighted by molar-refractivity contribution is 0.415. The monoisotopic (exact) mass is 311 g/mol. The fourth-order valence-corrected chi connectivity index (χ4v) is 2.08. The van der Waals surface area contributed by atoms with Gasteiger partial charge in [-0.1, -0.05) is 0 Å². The lowest BCUT2D eigenvalue weighted by Gasteiger charge is -2.01.